The van der Waals surface area contributed by atoms with E-state index in [2.05, 4.69) is 10.2 Å². The minimum absolute atomic E-state index is 0.102. The van der Waals surface area contributed by atoms with Crippen molar-refractivity contribution < 1.29 is 4.79 Å². The van der Waals surface area contributed by atoms with Crippen molar-refractivity contribution in [3.63, 3.8) is 0 Å². The Bertz CT molecular complexity index is 450. The highest BCUT2D eigenvalue weighted by molar-refractivity contribution is 5.95. The molecule has 0 saturated carbocycles. The quantitative estimate of drug-likeness (QED) is 0.785. The lowest BCUT2D eigenvalue weighted by molar-refractivity contribution is 0.0796. The predicted octanol–water partition coefficient (Wildman–Crippen LogP) is 1.33. The summed E-state index contributed by atoms with van der Waals surface area (Å²) in [6.45, 7) is 4.17. The van der Waals surface area contributed by atoms with Crippen molar-refractivity contribution in [2.75, 3.05) is 13.6 Å². The van der Waals surface area contributed by atoms with E-state index in [9.17, 15) is 4.79 Å². The van der Waals surface area contributed by atoms with Crippen molar-refractivity contribution in [3.05, 3.63) is 23.0 Å². The zero-order valence-electron chi connectivity index (χ0n) is 10.4. The molecular weight excluding hydrogens is 216 g/mol. The molecule has 0 N–H and O–H groups in total. The van der Waals surface area contributed by atoms with Crippen LogP contribution in [0.1, 0.15) is 35.1 Å². The Kier molecular flexibility index (Phi) is 4.58. The summed E-state index contributed by atoms with van der Waals surface area (Å²) in [7, 11) is 1.69. The molecule has 0 unspecified atom stereocenters. The molecule has 0 aliphatic heterocycles. The molecule has 0 radical (unpaired) electrons. The summed E-state index contributed by atoms with van der Waals surface area (Å²) in [4.78, 5) is 13.7. The van der Waals surface area contributed by atoms with Gasteiger partial charge in [0, 0.05) is 13.6 Å². The molecule has 90 valence electrons. The average molecular weight is 232 g/mol. The van der Waals surface area contributed by atoms with Crippen LogP contribution in [0, 0.1) is 18.3 Å². The van der Waals surface area contributed by atoms with Crippen LogP contribution in [0.4, 0.5) is 0 Å². The molecule has 0 spiro atoms. The van der Waals surface area contributed by atoms with Gasteiger partial charge in [-0.15, -0.1) is 0 Å². The van der Waals surface area contributed by atoms with Crippen molar-refractivity contribution in [2.24, 2.45) is 0 Å². The van der Waals surface area contributed by atoms with E-state index in [-0.39, 0.29) is 5.91 Å². The zero-order valence-corrected chi connectivity index (χ0v) is 10.4. The van der Waals surface area contributed by atoms with Crippen LogP contribution in [0.25, 0.3) is 0 Å². The largest absolute Gasteiger partial charge is 0.341 e. The van der Waals surface area contributed by atoms with Crippen LogP contribution >= 0.6 is 0 Å². The Hall–Kier alpha value is -1.96. The van der Waals surface area contributed by atoms with Crippen LogP contribution in [-0.4, -0.2) is 34.6 Å². The second-order valence-corrected chi connectivity index (χ2v) is 3.83. The third-order valence-electron chi connectivity index (χ3n) is 2.46. The second kappa shape index (κ2) is 5.94. The van der Waals surface area contributed by atoms with E-state index in [0.29, 0.717) is 30.6 Å². The lowest BCUT2D eigenvalue weighted by Gasteiger charge is -2.16. The molecule has 17 heavy (non-hydrogen) atoms. The Morgan fingerprint density at radius 3 is 2.82 bits per heavy atom. The minimum Gasteiger partial charge on any atom is -0.341 e. The Morgan fingerprint density at radius 2 is 2.24 bits per heavy atom. The fourth-order valence-electron chi connectivity index (χ4n) is 1.49. The number of nitriles is 1. The third-order valence-corrected chi connectivity index (χ3v) is 2.46. The van der Waals surface area contributed by atoms with E-state index < -0.39 is 0 Å². The van der Waals surface area contributed by atoms with Crippen molar-refractivity contribution in [1.82, 2.24) is 15.1 Å². The molecule has 1 aromatic heterocycles. The first-order valence-electron chi connectivity index (χ1n) is 5.55. The molecule has 5 heteroatoms. The molecule has 1 rings (SSSR count). The van der Waals surface area contributed by atoms with E-state index in [1.807, 2.05) is 13.0 Å². The lowest BCUT2D eigenvalue weighted by Crippen LogP contribution is -2.29. The summed E-state index contributed by atoms with van der Waals surface area (Å²) < 4.78 is 0. The standard InChI is InChI=1S/C12H16N4O/c1-4-11-10(8-9(2)14-15-11)12(17)16(3)7-5-6-13/h8H,4-5,7H2,1-3H3. The van der Waals surface area contributed by atoms with Crippen molar-refractivity contribution >= 4 is 5.91 Å². The highest BCUT2D eigenvalue weighted by Gasteiger charge is 2.16. The van der Waals surface area contributed by atoms with Crippen molar-refractivity contribution in [1.29, 1.82) is 5.26 Å². The maximum atomic E-state index is 12.1. The first kappa shape index (κ1) is 13.1. The van der Waals surface area contributed by atoms with Gasteiger partial charge >= 0.3 is 0 Å². The zero-order chi connectivity index (χ0) is 12.8. The second-order valence-electron chi connectivity index (χ2n) is 3.83. The summed E-state index contributed by atoms with van der Waals surface area (Å²) >= 11 is 0. The number of carbonyl (C=O) groups is 1. The predicted molar refractivity (Wildman–Crippen MR) is 63.3 cm³/mol. The minimum atomic E-state index is -0.102. The highest BCUT2D eigenvalue weighted by atomic mass is 16.2. The van der Waals surface area contributed by atoms with E-state index in [1.165, 1.54) is 0 Å². The first-order chi connectivity index (χ1) is 8.10. The molecule has 1 heterocycles. The normalized spacial score (nSPS) is 9.76. The maximum absolute atomic E-state index is 12.1. The first-order valence-corrected chi connectivity index (χ1v) is 5.55. The van der Waals surface area contributed by atoms with Gasteiger partial charge in [-0.1, -0.05) is 6.92 Å². The van der Waals surface area contributed by atoms with E-state index in [4.69, 9.17) is 5.26 Å². The van der Waals surface area contributed by atoms with Gasteiger partial charge in [-0.25, -0.2) is 0 Å². The number of aryl methyl sites for hydroxylation is 2. The molecule has 0 aromatic carbocycles. The van der Waals surface area contributed by atoms with E-state index >= 15 is 0 Å². The highest BCUT2D eigenvalue weighted by Crippen LogP contribution is 2.10. The molecule has 0 atom stereocenters. The smallest absolute Gasteiger partial charge is 0.255 e. The summed E-state index contributed by atoms with van der Waals surface area (Å²) in [5, 5.41) is 16.5. The topological polar surface area (TPSA) is 69.9 Å². The van der Waals surface area contributed by atoms with Gasteiger partial charge in [0.15, 0.2) is 0 Å². The molecule has 0 aliphatic carbocycles. The van der Waals surface area contributed by atoms with Gasteiger partial charge in [0.05, 0.1) is 29.4 Å². The molecule has 0 saturated heterocycles. The fraction of sp³-hybridized carbons (Fsp3) is 0.500. The van der Waals surface area contributed by atoms with Gasteiger partial charge in [0.1, 0.15) is 0 Å². The summed E-state index contributed by atoms with van der Waals surface area (Å²) in [6, 6.07) is 3.77. The maximum Gasteiger partial charge on any atom is 0.255 e. The molecule has 0 aliphatic rings. The van der Waals surface area contributed by atoms with Crippen LogP contribution in [-0.2, 0) is 6.42 Å². The monoisotopic (exact) mass is 232 g/mol. The number of amides is 1. The molecule has 0 bridgehead atoms. The number of nitrogens with zero attached hydrogens (tertiary/aromatic N) is 4. The Labute approximate surface area is 101 Å². The molecule has 5 nitrogen and oxygen atoms in total. The van der Waals surface area contributed by atoms with Crippen LogP contribution in [0.2, 0.25) is 0 Å². The molecular formula is C12H16N4O. The van der Waals surface area contributed by atoms with Gasteiger partial charge in [-0.3, -0.25) is 4.79 Å². The molecule has 1 aromatic rings. The van der Waals surface area contributed by atoms with Gasteiger partial charge in [0.2, 0.25) is 0 Å². The average Bonchev–Trinajstić information content (AvgIpc) is 2.34. The number of aromatic nitrogens is 2. The molecule has 0 fully saturated rings. The summed E-state index contributed by atoms with van der Waals surface area (Å²) in [5.74, 6) is -0.102. The van der Waals surface area contributed by atoms with Crippen LogP contribution in [0.15, 0.2) is 6.07 Å². The van der Waals surface area contributed by atoms with Crippen LogP contribution < -0.4 is 0 Å². The molecule has 1 amide bonds. The van der Waals surface area contributed by atoms with Gasteiger partial charge < -0.3 is 4.90 Å². The van der Waals surface area contributed by atoms with E-state index in [1.54, 1.807) is 24.9 Å². The summed E-state index contributed by atoms with van der Waals surface area (Å²) in [5.41, 5.74) is 2.00. The van der Waals surface area contributed by atoms with Gasteiger partial charge in [-0.05, 0) is 19.4 Å². The summed E-state index contributed by atoms with van der Waals surface area (Å²) in [6.07, 6.45) is 1.00. The van der Waals surface area contributed by atoms with E-state index in [0.717, 1.165) is 5.69 Å². The number of hydrogen-bond donors (Lipinski definition) is 0. The van der Waals surface area contributed by atoms with Crippen molar-refractivity contribution in [3.8, 4) is 6.07 Å². The van der Waals surface area contributed by atoms with Gasteiger partial charge in [0.25, 0.3) is 5.91 Å². The van der Waals surface area contributed by atoms with Crippen LogP contribution in [0.3, 0.4) is 0 Å². The number of hydrogen-bond acceptors (Lipinski definition) is 4. The lowest BCUT2D eigenvalue weighted by atomic mass is 10.1. The van der Waals surface area contributed by atoms with Crippen molar-refractivity contribution in [2.45, 2.75) is 26.7 Å². The fourth-order valence-corrected chi connectivity index (χ4v) is 1.49. The third kappa shape index (κ3) is 3.25. The Balaban J connectivity index is 2.95. The number of rotatable bonds is 4. The van der Waals surface area contributed by atoms with Gasteiger partial charge in [-0.2, -0.15) is 15.5 Å². The Morgan fingerprint density at radius 1 is 1.53 bits per heavy atom. The number of carbonyl (C=O) groups excluding carboxylic acids is 1. The SMILES string of the molecule is CCc1nnc(C)cc1C(=O)N(C)CCC#N. The van der Waals surface area contributed by atoms with Crippen LogP contribution in [0.5, 0.6) is 0 Å².